The first-order valence-corrected chi connectivity index (χ1v) is 7.42. The van der Waals surface area contributed by atoms with E-state index in [0.717, 1.165) is 17.6 Å². The first kappa shape index (κ1) is 14.5. The fraction of sp³-hybridized carbons (Fsp3) is 0.211. The van der Waals surface area contributed by atoms with Crippen molar-refractivity contribution in [3.8, 4) is 5.75 Å². The van der Waals surface area contributed by atoms with Crippen LogP contribution in [0.2, 0.25) is 0 Å². The van der Waals surface area contributed by atoms with Crippen LogP contribution < -0.4 is 10.2 Å². The van der Waals surface area contributed by atoms with Gasteiger partial charge in [0.1, 0.15) is 6.61 Å². The maximum Gasteiger partial charge on any atom is 0.227 e. The molecular weight excluding hydrogens is 276 g/mol. The lowest BCUT2D eigenvalue weighted by atomic mass is 10.0. The summed E-state index contributed by atoms with van der Waals surface area (Å²) in [6, 6.07) is 17.1. The van der Waals surface area contributed by atoms with Gasteiger partial charge in [0.05, 0.1) is 13.2 Å². The molecule has 0 aliphatic carbocycles. The average molecular weight is 294 g/mol. The molecule has 1 aliphatic heterocycles. The molecule has 0 fully saturated rings. The van der Waals surface area contributed by atoms with Gasteiger partial charge in [-0.1, -0.05) is 54.6 Å². The maximum absolute atomic E-state index is 12.7. The lowest BCUT2D eigenvalue weighted by molar-refractivity contribution is 0.161. The van der Waals surface area contributed by atoms with E-state index in [2.05, 4.69) is 0 Å². The molecule has 22 heavy (non-hydrogen) atoms. The topological polar surface area (TPSA) is 35.5 Å². The molecule has 0 spiro atoms. The van der Waals surface area contributed by atoms with Crippen molar-refractivity contribution in [1.82, 2.24) is 0 Å². The van der Waals surface area contributed by atoms with E-state index in [0.29, 0.717) is 31.1 Å². The van der Waals surface area contributed by atoms with Crippen molar-refractivity contribution in [3.63, 3.8) is 0 Å². The Labute approximate surface area is 129 Å². The molecule has 3 nitrogen and oxygen atoms in total. The Hall–Kier alpha value is -2.39. The Kier molecular flexibility index (Phi) is 4.66. The molecule has 2 aromatic rings. The second-order valence-electron chi connectivity index (χ2n) is 5.15. The highest BCUT2D eigenvalue weighted by atomic mass is 16.5. The van der Waals surface area contributed by atoms with Crippen LogP contribution >= 0.6 is 0 Å². The van der Waals surface area contributed by atoms with Crippen LogP contribution in [0.4, 0.5) is 0 Å². The zero-order valence-electron chi connectivity index (χ0n) is 12.3. The van der Waals surface area contributed by atoms with Crippen LogP contribution in [0.3, 0.4) is 0 Å². The largest absolute Gasteiger partial charge is 0.485 e. The Morgan fingerprint density at radius 1 is 1.00 bits per heavy atom. The quantitative estimate of drug-likeness (QED) is 0.866. The molecule has 112 valence electrons. The van der Waals surface area contributed by atoms with E-state index >= 15 is 0 Å². The number of ether oxygens (including phenoxy) is 2. The zero-order chi connectivity index (χ0) is 15.2. The molecule has 1 aliphatic rings. The second-order valence-corrected chi connectivity index (χ2v) is 5.15. The molecule has 0 aromatic heterocycles. The van der Waals surface area contributed by atoms with Crippen LogP contribution in [-0.2, 0) is 11.3 Å². The molecule has 0 saturated heterocycles. The third kappa shape index (κ3) is 3.43. The molecule has 0 atom stereocenters. The predicted octanol–water partition coefficient (Wildman–Crippen LogP) is 3.43. The van der Waals surface area contributed by atoms with Crippen molar-refractivity contribution in [1.29, 1.82) is 0 Å². The Bertz CT molecular complexity index is 720. The van der Waals surface area contributed by atoms with Crippen LogP contribution in [-0.4, -0.2) is 13.2 Å². The molecule has 0 saturated carbocycles. The van der Waals surface area contributed by atoms with Crippen molar-refractivity contribution in [2.45, 2.75) is 13.0 Å². The lowest BCUT2D eigenvalue weighted by Crippen LogP contribution is -2.13. The average Bonchev–Trinajstić information content (AvgIpc) is 2.76. The molecule has 0 radical (unpaired) electrons. The standard InChI is InChI=1S/C19H18O3/c20-19-17(16-10-12-21-13-11-16)8-4-5-9-18(19)22-14-15-6-2-1-3-7-15/h1-10H,11-14H2. The van der Waals surface area contributed by atoms with E-state index in [1.807, 2.05) is 54.6 Å². The fourth-order valence-electron chi connectivity index (χ4n) is 2.45. The molecule has 0 unspecified atom stereocenters. The molecular formula is C19H18O3. The summed E-state index contributed by atoms with van der Waals surface area (Å²) < 4.78 is 11.1. The van der Waals surface area contributed by atoms with E-state index in [-0.39, 0.29) is 5.43 Å². The Morgan fingerprint density at radius 2 is 1.77 bits per heavy atom. The van der Waals surface area contributed by atoms with E-state index in [1.54, 1.807) is 6.07 Å². The van der Waals surface area contributed by atoms with Gasteiger partial charge in [-0.25, -0.2) is 0 Å². The Balaban J connectivity index is 1.87. The van der Waals surface area contributed by atoms with Gasteiger partial charge in [-0.05, 0) is 23.6 Å². The highest BCUT2D eigenvalue weighted by Gasteiger charge is 2.12. The highest BCUT2D eigenvalue weighted by Crippen LogP contribution is 2.19. The SMILES string of the molecule is O=c1c(OCc2ccccc2)ccccc1C1=CCOCC1. The number of rotatable bonds is 4. The van der Waals surface area contributed by atoms with Crippen LogP contribution in [0.5, 0.6) is 5.75 Å². The van der Waals surface area contributed by atoms with Gasteiger partial charge in [-0.15, -0.1) is 0 Å². The van der Waals surface area contributed by atoms with E-state index < -0.39 is 0 Å². The number of benzene rings is 1. The van der Waals surface area contributed by atoms with E-state index in [1.165, 1.54) is 0 Å². The second kappa shape index (κ2) is 7.05. The van der Waals surface area contributed by atoms with Gasteiger partial charge in [0.2, 0.25) is 5.43 Å². The fourth-order valence-corrected chi connectivity index (χ4v) is 2.45. The molecule has 0 amide bonds. The third-order valence-corrected chi connectivity index (χ3v) is 3.64. The minimum atomic E-state index is -0.0610. The van der Waals surface area contributed by atoms with Crippen molar-refractivity contribution < 1.29 is 9.47 Å². The first-order valence-electron chi connectivity index (χ1n) is 7.42. The van der Waals surface area contributed by atoms with Gasteiger partial charge in [-0.2, -0.15) is 0 Å². The van der Waals surface area contributed by atoms with Crippen LogP contribution in [0.15, 0.2) is 65.5 Å². The highest BCUT2D eigenvalue weighted by molar-refractivity contribution is 5.66. The number of hydrogen-bond donors (Lipinski definition) is 0. The lowest BCUT2D eigenvalue weighted by Gasteiger charge is -2.12. The summed E-state index contributed by atoms with van der Waals surface area (Å²) in [5.41, 5.74) is 2.72. The molecule has 1 heterocycles. The molecule has 0 N–H and O–H groups in total. The first-order chi connectivity index (χ1) is 10.8. The summed E-state index contributed by atoms with van der Waals surface area (Å²) >= 11 is 0. The zero-order valence-corrected chi connectivity index (χ0v) is 12.3. The van der Waals surface area contributed by atoms with Gasteiger partial charge in [0.25, 0.3) is 0 Å². The summed E-state index contributed by atoms with van der Waals surface area (Å²) in [6.45, 7) is 1.61. The predicted molar refractivity (Wildman–Crippen MR) is 86.9 cm³/mol. The summed E-state index contributed by atoms with van der Waals surface area (Å²) in [7, 11) is 0. The summed E-state index contributed by atoms with van der Waals surface area (Å²) in [5.74, 6) is 0.385. The van der Waals surface area contributed by atoms with Crippen LogP contribution in [0.1, 0.15) is 17.5 Å². The van der Waals surface area contributed by atoms with E-state index in [9.17, 15) is 4.79 Å². The summed E-state index contributed by atoms with van der Waals surface area (Å²) in [5, 5.41) is 0. The molecule has 3 rings (SSSR count). The Morgan fingerprint density at radius 3 is 2.55 bits per heavy atom. The van der Waals surface area contributed by atoms with Crippen molar-refractivity contribution in [2.75, 3.05) is 13.2 Å². The van der Waals surface area contributed by atoms with Gasteiger partial charge in [-0.3, -0.25) is 4.79 Å². The minimum Gasteiger partial charge on any atom is -0.485 e. The van der Waals surface area contributed by atoms with Crippen LogP contribution in [0, 0.1) is 0 Å². The third-order valence-electron chi connectivity index (χ3n) is 3.64. The minimum absolute atomic E-state index is 0.0610. The normalized spacial score (nSPS) is 14.3. The summed E-state index contributed by atoms with van der Waals surface area (Å²) in [6.07, 6.45) is 2.73. The van der Waals surface area contributed by atoms with Gasteiger partial charge in [0.15, 0.2) is 5.75 Å². The van der Waals surface area contributed by atoms with Gasteiger partial charge < -0.3 is 9.47 Å². The van der Waals surface area contributed by atoms with Crippen molar-refractivity contribution in [3.05, 3.63) is 82.0 Å². The van der Waals surface area contributed by atoms with Gasteiger partial charge >= 0.3 is 0 Å². The van der Waals surface area contributed by atoms with Crippen molar-refractivity contribution in [2.24, 2.45) is 0 Å². The summed E-state index contributed by atoms with van der Waals surface area (Å²) in [4.78, 5) is 12.7. The monoisotopic (exact) mass is 294 g/mol. The van der Waals surface area contributed by atoms with E-state index in [4.69, 9.17) is 9.47 Å². The van der Waals surface area contributed by atoms with Crippen molar-refractivity contribution >= 4 is 5.57 Å². The molecule has 2 aromatic carbocycles. The molecule has 3 heteroatoms. The maximum atomic E-state index is 12.7. The van der Waals surface area contributed by atoms with Crippen LogP contribution in [0.25, 0.3) is 5.57 Å². The van der Waals surface area contributed by atoms with Gasteiger partial charge in [0, 0.05) is 5.56 Å². The smallest absolute Gasteiger partial charge is 0.227 e. The molecule has 0 bridgehead atoms. The number of hydrogen-bond acceptors (Lipinski definition) is 3.